The molecule has 0 aliphatic heterocycles. The molecule has 0 unspecified atom stereocenters. The van der Waals surface area contributed by atoms with Crippen molar-refractivity contribution in [2.24, 2.45) is 16.7 Å². The summed E-state index contributed by atoms with van der Waals surface area (Å²) in [5.41, 5.74) is 1.05. The van der Waals surface area contributed by atoms with E-state index in [1.807, 2.05) is 0 Å². The van der Waals surface area contributed by atoms with Crippen LogP contribution in [0.4, 0.5) is 11.5 Å². The minimum absolute atomic E-state index is 0.103. The maximum Gasteiger partial charge on any atom is 0.386 e. The first-order valence-corrected chi connectivity index (χ1v) is 6.12. The van der Waals surface area contributed by atoms with E-state index in [0.29, 0.717) is 11.6 Å². The molecule has 18 heavy (non-hydrogen) atoms. The van der Waals surface area contributed by atoms with Gasteiger partial charge in [-0.15, -0.1) is 0 Å². The van der Waals surface area contributed by atoms with Gasteiger partial charge in [0.25, 0.3) is 0 Å². The molecule has 0 aromatic carbocycles. The van der Waals surface area contributed by atoms with Gasteiger partial charge in [-0.2, -0.15) is 0 Å². The van der Waals surface area contributed by atoms with Crippen molar-refractivity contribution in [1.29, 1.82) is 0 Å². The maximum atomic E-state index is 10.8. The Bertz CT molecular complexity index is 469. The van der Waals surface area contributed by atoms with Crippen LogP contribution in [0.25, 0.3) is 0 Å². The Kier molecular flexibility index (Phi) is 2.80. The van der Waals surface area contributed by atoms with Crippen molar-refractivity contribution in [2.45, 2.75) is 27.7 Å². The molecule has 0 bridgehead atoms. The summed E-state index contributed by atoms with van der Waals surface area (Å²) < 4.78 is 0. The first-order valence-electron chi connectivity index (χ1n) is 6.12. The number of hydrogen-bond donors (Lipinski definition) is 1. The molecule has 5 heteroatoms. The van der Waals surface area contributed by atoms with Crippen molar-refractivity contribution in [3.8, 4) is 0 Å². The molecule has 0 saturated heterocycles. The Labute approximate surface area is 107 Å². The molecule has 1 aromatic rings. The van der Waals surface area contributed by atoms with Gasteiger partial charge in [0.2, 0.25) is 0 Å². The van der Waals surface area contributed by atoms with Crippen molar-refractivity contribution >= 4 is 11.5 Å². The molecule has 0 radical (unpaired) electrons. The van der Waals surface area contributed by atoms with Crippen molar-refractivity contribution < 1.29 is 4.92 Å². The van der Waals surface area contributed by atoms with Crippen LogP contribution in [-0.2, 0) is 0 Å². The highest BCUT2D eigenvalue weighted by Crippen LogP contribution is 2.68. The van der Waals surface area contributed by atoms with E-state index in [1.54, 1.807) is 12.1 Å². The van der Waals surface area contributed by atoms with E-state index in [1.165, 1.54) is 6.20 Å². The van der Waals surface area contributed by atoms with Crippen LogP contribution in [0.5, 0.6) is 0 Å². The highest BCUT2D eigenvalue weighted by Gasteiger charge is 2.64. The number of nitrogens with one attached hydrogen (secondary N) is 1. The van der Waals surface area contributed by atoms with Crippen LogP contribution < -0.4 is 5.32 Å². The van der Waals surface area contributed by atoms with E-state index in [0.717, 1.165) is 6.54 Å². The predicted octanol–water partition coefficient (Wildman–Crippen LogP) is 3.08. The van der Waals surface area contributed by atoms with Crippen molar-refractivity contribution in [3.63, 3.8) is 0 Å². The molecular formula is C13H19N3O2. The average molecular weight is 249 g/mol. The lowest BCUT2D eigenvalue weighted by molar-refractivity contribution is -0.388. The maximum absolute atomic E-state index is 10.8. The normalized spacial score (nSPS) is 20.4. The summed E-state index contributed by atoms with van der Waals surface area (Å²) in [5, 5.41) is 14.0. The highest BCUT2D eigenvalue weighted by molar-refractivity contribution is 5.56. The zero-order valence-electron chi connectivity index (χ0n) is 11.2. The minimum atomic E-state index is -0.453. The molecule has 1 saturated carbocycles. The quantitative estimate of drug-likeness (QED) is 0.657. The van der Waals surface area contributed by atoms with E-state index < -0.39 is 4.92 Å². The Balaban J connectivity index is 2.07. The Morgan fingerprint density at radius 3 is 2.50 bits per heavy atom. The van der Waals surface area contributed by atoms with Crippen LogP contribution in [0.3, 0.4) is 0 Å². The molecule has 1 aromatic heterocycles. The number of aromatic nitrogens is 1. The van der Waals surface area contributed by atoms with Gasteiger partial charge in [-0.25, -0.2) is 0 Å². The van der Waals surface area contributed by atoms with Crippen molar-refractivity contribution in [3.05, 3.63) is 28.4 Å². The molecule has 0 amide bonds. The molecule has 1 heterocycles. The van der Waals surface area contributed by atoms with Gasteiger partial charge >= 0.3 is 5.82 Å². The third kappa shape index (κ3) is 1.83. The lowest BCUT2D eigenvalue weighted by atomic mass is 10.0. The standard InChI is InChI=1S/C13H19N3O2/c1-12(2)10(13(12,3)4)8-15-9-6-5-7-14-11(9)16(17)18/h5-7,10,15H,8H2,1-4H3. The zero-order chi connectivity index (χ0) is 13.6. The third-order valence-corrected chi connectivity index (χ3v) is 4.78. The number of nitro groups is 1. The fourth-order valence-electron chi connectivity index (χ4n) is 2.74. The van der Waals surface area contributed by atoms with E-state index in [2.05, 4.69) is 38.0 Å². The molecule has 1 N–H and O–H groups in total. The van der Waals surface area contributed by atoms with Gasteiger partial charge in [0.15, 0.2) is 0 Å². The second kappa shape index (κ2) is 3.93. The van der Waals surface area contributed by atoms with Gasteiger partial charge in [0.1, 0.15) is 11.9 Å². The molecule has 1 aliphatic carbocycles. The number of rotatable bonds is 4. The fraction of sp³-hybridized carbons (Fsp3) is 0.615. The van der Waals surface area contributed by atoms with Crippen LogP contribution in [-0.4, -0.2) is 16.5 Å². The summed E-state index contributed by atoms with van der Waals surface area (Å²) in [6.07, 6.45) is 1.44. The molecule has 0 spiro atoms. The Morgan fingerprint density at radius 2 is 2.00 bits per heavy atom. The second-order valence-electron chi connectivity index (χ2n) is 6.01. The first kappa shape index (κ1) is 12.8. The number of hydrogen-bond acceptors (Lipinski definition) is 4. The van der Waals surface area contributed by atoms with Gasteiger partial charge in [0, 0.05) is 6.54 Å². The summed E-state index contributed by atoms with van der Waals surface area (Å²) >= 11 is 0. The number of pyridine rings is 1. The van der Waals surface area contributed by atoms with E-state index in [-0.39, 0.29) is 16.6 Å². The van der Waals surface area contributed by atoms with Crippen LogP contribution in [0.15, 0.2) is 18.3 Å². The zero-order valence-corrected chi connectivity index (χ0v) is 11.2. The smallest absolute Gasteiger partial charge is 0.378 e. The molecule has 1 aliphatic rings. The molecule has 2 rings (SSSR count). The van der Waals surface area contributed by atoms with Crippen LogP contribution in [0, 0.1) is 26.9 Å². The summed E-state index contributed by atoms with van der Waals surface area (Å²) in [6.45, 7) is 9.68. The predicted molar refractivity (Wildman–Crippen MR) is 70.4 cm³/mol. The van der Waals surface area contributed by atoms with Gasteiger partial charge in [-0.3, -0.25) is 0 Å². The third-order valence-electron chi connectivity index (χ3n) is 4.78. The topological polar surface area (TPSA) is 68.1 Å². The van der Waals surface area contributed by atoms with Crippen molar-refractivity contribution in [2.75, 3.05) is 11.9 Å². The van der Waals surface area contributed by atoms with E-state index in [4.69, 9.17) is 0 Å². The summed E-state index contributed by atoms with van der Waals surface area (Å²) in [4.78, 5) is 14.2. The van der Waals surface area contributed by atoms with Crippen LogP contribution in [0.1, 0.15) is 27.7 Å². The van der Waals surface area contributed by atoms with Gasteiger partial charge in [-0.05, 0) is 38.8 Å². The number of nitrogens with zero attached hydrogens (tertiary/aromatic N) is 2. The monoisotopic (exact) mass is 249 g/mol. The van der Waals surface area contributed by atoms with E-state index >= 15 is 0 Å². The largest absolute Gasteiger partial charge is 0.386 e. The van der Waals surface area contributed by atoms with Gasteiger partial charge in [-0.1, -0.05) is 27.7 Å². The van der Waals surface area contributed by atoms with Gasteiger partial charge < -0.3 is 15.4 Å². The summed E-state index contributed by atoms with van der Waals surface area (Å²) in [6, 6.07) is 3.41. The van der Waals surface area contributed by atoms with E-state index in [9.17, 15) is 10.1 Å². The lowest BCUT2D eigenvalue weighted by Gasteiger charge is -2.07. The summed E-state index contributed by atoms with van der Waals surface area (Å²) in [5.74, 6) is 0.415. The Morgan fingerprint density at radius 1 is 1.39 bits per heavy atom. The molecular weight excluding hydrogens is 230 g/mol. The molecule has 98 valence electrons. The minimum Gasteiger partial charge on any atom is -0.378 e. The Hall–Kier alpha value is -1.65. The van der Waals surface area contributed by atoms with Gasteiger partial charge in [0.05, 0.1) is 0 Å². The van der Waals surface area contributed by atoms with Crippen LogP contribution in [0.2, 0.25) is 0 Å². The SMILES string of the molecule is CC1(C)C(CNc2cccnc2[N+](=O)[O-])C1(C)C. The second-order valence-corrected chi connectivity index (χ2v) is 6.01. The fourth-order valence-corrected chi connectivity index (χ4v) is 2.74. The van der Waals surface area contributed by atoms with Crippen LogP contribution >= 0.6 is 0 Å². The molecule has 0 atom stereocenters. The number of anilines is 1. The average Bonchev–Trinajstić information content (AvgIpc) is 2.67. The van der Waals surface area contributed by atoms with Crippen molar-refractivity contribution in [1.82, 2.24) is 4.98 Å². The highest BCUT2D eigenvalue weighted by atomic mass is 16.6. The first-order chi connectivity index (χ1) is 8.28. The molecule has 1 fully saturated rings. The summed E-state index contributed by atoms with van der Waals surface area (Å²) in [7, 11) is 0. The lowest BCUT2D eigenvalue weighted by Crippen LogP contribution is -2.10. The molecule has 5 nitrogen and oxygen atoms in total.